The van der Waals surface area contributed by atoms with Crippen LogP contribution in [0, 0.1) is 17.6 Å². The Balaban J connectivity index is 1.40. The summed E-state index contributed by atoms with van der Waals surface area (Å²) >= 11 is 0. The minimum Gasteiger partial charge on any atom is -0.398 e. The van der Waals surface area contributed by atoms with Crippen molar-refractivity contribution in [3.63, 3.8) is 0 Å². The summed E-state index contributed by atoms with van der Waals surface area (Å²) in [6.07, 6.45) is -3.34. The first-order valence-electron chi connectivity index (χ1n) is 15.0. The molecule has 0 spiro atoms. The third-order valence-electron chi connectivity index (χ3n) is 8.60. The molecule has 1 aliphatic carbocycles. The highest BCUT2D eigenvalue weighted by Crippen LogP contribution is 2.39. The molecule has 0 bridgehead atoms. The zero-order chi connectivity index (χ0) is 32.3. The average Bonchev–Trinajstić information content (AvgIpc) is 2.97. The predicted octanol–water partition coefficient (Wildman–Crippen LogP) is 5.97. The van der Waals surface area contributed by atoms with Crippen LogP contribution in [0.5, 0.6) is 0 Å². The van der Waals surface area contributed by atoms with Crippen molar-refractivity contribution in [3.8, 4) is 0 Å². The van der Waals surface area contributed by atoms with Crippen molar-refractivity contribution in [2.45, 2.75) is 44.3 Å². The summed E-state index contributed by atoms with van der Waals surface area (Å²) in [5.74, 6) is -3.48. The van der Waals surface area contributed by atoms with Gasteiger partial charge in [-0.15, -0.1) is 0 Å². The molecule has 7 nitrogen and oxygen atoms in total. The molecule has 0 aromatic heterocycles. The number of nitrogen functional groups attached to an aromatic ring is 1. The Morgan fingerprint density at radius 1 is 0.889 bits per heavy atom. The molecular formula is C33H37F5N6O. The molecule has 0 unspecified atom stereocenters. The number of amides is 1. The van der Waals surface area contributed by atoms with Crippen molar-refractivity contribution in [1.29, 1.82) is 0 Å². The number of hydrogen-bond donors (Lipinski definition) is 3. The van der Waals surface area contributed by atoms with Gasteiger partial charge in [0.05, 0.1) is 11.5 Å². The van der Waals surface area contributed by atoms with Crippen molar-refractivity contribution in [1.82, 2.24) is 4.90 Å². The monoisotopic (exact) mass is 628 g/mol. The smallest absolute Gasteiger partial charge is 0.391 e. The van der Waals surface area contributed by atoms with Crippen molar-refractivity contribution in [3.05, 3.63) is 88.5 Å². The summed E-state index contributed by atoms with van der Waals surface area (Å²) in [4.78, 5) is 22.1. The molecule has 5 N–H and O–H groups in total. The number of alkyl halides is 3. The number of carbonyl (C=O) groups excluding carboxylic acids is 1. The predicted molar refractivity (Wildman–Crippen MR) is 167 cm³/mol. The molecule has 2 aliphatic rings. The molecule has 1 saturated carbocycles. The van der Waals surface area contributed by atoms with Crippen LogP contribution in [0.3, 0.4) is 0 Å². The van der Waals surface area contributed by atoms with E-state index in [1.165, 1.54) is 12.1 Å². The average molecular weight is 629 g/mol. The number of likely N-dealkylation sites (N-methyl/N-ethyl adjacent to an activating group) is 1. The molecule has 0 radical (unpaired) electrons. The molecule has 1 amide bonds. The number of nitrogens with two attached hydrogens (primary N) is 2. The highest BCUT2D eigenvalue weighted by atomic mass is 19.4. The van der Waals surface area contributed by atoms with E-state index >= 15 is 0 Å². The zero-order valence-electron chi connectivity index (χ0n) is 25.0. The molecule has 0 atom stereocenters. The fourth-order valence-corrected chi connectivity index (χ4v) is 6.00. The number of amidine groups is 1. The lowest BCUT2D eigenvalue weighted by atomic mass is 9.85. The number of halogens is 5. The second-order valence-corrected chi connectivity index (χ2v) is 11.9. The quantitative estimate of drug-likeness (QED) is 0.129. The number of nitrogens with zero attached hydrogens (tertiary/aromatic N) is 3. The van der Waals surface area contributed by atoms with E-state index in [0.29, 0.717) is 35.2 Å². The maximum absolute atomic E-state index is 13.7. The minimum absolute atomic E-state index is 0.0194. The van der Waals surface area contributed by atoms with E-state index in [4.69, 9.17) is 11.5 Å². The van der Waals surface area contributed by atoms with Crippen LogP contribution in [0.1, 0.15) is 52.7 Å². The lowest BCUT2D eigenvalue weighted by Gasteiger charge is -2.35. The molecule has 12 heteroatoms. The van der Waals surface area contributed by atoms with E-state index in [1.54, 1.807) is 24.3 Å². The number of carbonyl (C=O) groups is 1. The normalized spacial score (nSPS) is 19.9. The van der Waals surface area contributed by atoms with Gasteiger partial charge in [-0.1, -0.05) is 6.07 Å². The van der Waals surface area contributed by atoms with Crippen molar-refractivity contribution >= 4 is 28.8 Å². The number of anilines is 3. The van der Waals surface area contributed by atoms with Crippen LogP contribution in [0.25, 0.3) is 0 Å². The SMILES string of the molecule is CN1CCN(c2ccc(C(=O)N=C(N)c3cc(Cc4cc(F)cc(F)c4)ccc3N)c(NC3CCC(C(F)(F)F)CC3)c2)CC1. The van der Waals surface area contributed by atoms with Crippen LogP contribution in [-0.2, 0) is 6.42 Å². The molecule has 5 rings (SSSR count). The maximum atomic E-state index is 13.7. The Morgan fingerprint density at radius 3 is 2.20 bits per heavy atom. The maximum Gasteiger partial charge on any atom is 0.391 e. The topological polar surface area (TPSA) is 100.0 Å². The Morgan fingerprint density at radius 2 is 1.56 bits per heavy atom. The van der Waals surface area contributed by atoms with Gasteiger partial charge in [0.1, 0.15) is 17.5 Å². The van der Waals surface area contributed by atoms with Gasteiger partial charge in [-0.3, -0.25) is 4.79 Å². The first kappa shape index (κ1) is 32.2. The molecule has 3 aromatic rings. The van der Waals surface area contributed by atoms with Crippen LogP contribution in [-0.4, -0.2) is 62.1 Å². The van der Waals surface area contributed by atoms with Crippen LogP contribution in [0.15, 0.2) is 59.6 Å². The van der Waals surface area contributed by atoms with E-state index in [1.807, 2.05) is 12.1 Å². The van der Waals surface area contributed by atoms with Crippen LogP contribution in [0.4, 0.5) is 39.0 Å². The van der Waals surface area contributed by atoms with E-state index in [9.17, 15) is 26.7 Å². The fourth-order valence-electron chi connectivity index (χ4n) is 6.00. The van der Waals surface area contributed by atoms with E-state index in [-0.39, 0.29) is 42.4 Å². The first-order chi connectivity index (χ1) is 21.4. The first-order valence-corrected chi connectivity index (χ1v) is 15.0. The number of nitrogens with one attached hydrogen (secondary N) is 1. The Labute approximate surface area is 259 Å². The Bertz CT molecular complexity index is 1540. The van der Waals surface area contributed by atoms with Gasteiger partial charge >= 0.3 is 6.18 Å². The molecule has 1 heterocycles. The van der Waals surface area contributed by atoms with Gasteiger partial charge < -0.3 is 26.6 Å². The largest absolute Gasteiger partial charge is 0.398 e. The number of rotatable bonds is 7. The molecule has 45 heavy (non-hydrogen) atoms. The van der Waals surface area contributed by atoms with E-state index in [2.05, 4.69) is 27.2 Å². The lowest BCUT2D eigenvalue weighted by molar-refractivity contribution is -0.182. The van der Waals surface area contributed by atoms with Crippen molar-refractivity contribution in [2.75, 3.05) is 49.2 Å². The van der Waals surface area contributed by atoms with Gasteiger partial charge in [-0.2, -0.15) is 18.2 Å². The van der Waals surface area contributed by atoms with Crippen molar-refractivity contribution < 1.29 is 26.7 Å². The minimum atomic E-state index is -4.22. The summed E-state index contributed by atoms with van der Waals surface area (Å²) in [5.41, 5.74) is 15.7. The summed E-state index contributed by atoms with van der Waals surface area (Å²) in [6, 6.07) is 13.3. The molecule has 240 valence electrons. The third kappa shape index (κ3) is 8.10. The molecule has 3 aromatic carbocycles. The molecule has 1 saturated heterocycles. The summed E-state index contributed by atoms with van der Waals surface area (Å²) in [5, 5.41) is 3.34. The second kappa shape index (κ2) is 13.4. The van der Waals surface area contributed by atoms with Gasteiger partial charge in [-0.25, -0.2) is 8.78 Å². The molecular weight excluding hydrogens is 591 g/mol. The van der Waals surface area contributed by atoms with Crippen LogP contribution >= 0.6 is 0 Å². The summed E-state index contributed by atoms with van der Waals surface area (Å²) in [6.45, 7) is 3.34. The zero-order valence-corrected chi connectivity index (χ0v) is 25.0. The lowest BCUT2D eigenvalue weighted by Crippen LogP contribution is -2.44. The van der Waals surface area contributed by atoms with Gasteiger partial charge in [0.15, 0.2) is 0 Å². The second-order valence-electron chi connectivity index (χ2n) is 11.9. The number of aliphatic imine (C=N–C) groups is 1. The molecule has 2 fully saturated rings. The highest BCUT2D eigenvalue weighted by molar-refractivity contribution is 6.12. The fraction of sp³-hybridized carbons (Fsp3) is 0.394. The van der Waals surface area contributed by atoms with Crippen LogP contribution < -0.4 is 21.7 Å². The summed E-state index contributed by atoms with van der Waals surface area (Å²) in [7, 11) is 2.05. The van der Waals surface area contributed by atoms with Gasteiger partial charge in [0.25, 0.3) is 5.91 Å². The Hall–Kier alpha value is -4.19. The Kier molecular flexibility index (Phi) is 9.62. The van der Waals surface area contributed by atoms with Gasteiger partial charge in [-0.05, 0) is 92.7 Å². The van der Waals surface area contributed by atoms with Crippen molar-refractivity contribution in [2.24, 2.45) is 16.6 Å². The summed E-state index contributed by atoms with van der Waals surface area (Å²) < 4.78 is 67.2. The van der Waals surface area contributed by atoms with Crippen LogP contribution in [0.2, 0.25) is 0 Å². The van der Waals surface area contributed by atoms with Gasteiger partial charge in [0, 0.05) is 60.9 Å². The highest BCUT2D eigenvalue weighted by Gasteiger charge is 2.41. The van der Waals surface area contributed by atoms with E-state index in [0.717, 1.165) is 37.9 Å². The number of hydrogen-bond acceptors (Lipinski definition) is 5. The third-order valence-corrected chi connectivity index (χ3v) is 8.60. The number of benzene rings is 3. The van der Waals surface area contributed by atoms with E-state index < -0.39 is 29.6 Å². The molecule has 1 aliphatic heterocycles. The standard InChI is InChI=1S/C33H37F5N6O/c1-43-10-12-44(13-11-43)26-7-8-27(30(19-26)41-25-5-3-22(4-6-25)33(36,37)38)32(45)42-31(40)28-17-20(2-9-29(28)39)14-21-15-23(34)18-24(35)16-21/h2,7-9,15-19,22,25,41H,3-6,10-14,39H2,1H3,(H2,40,42,45). The number of piperazine rings is 1. The van der Waals surface area contributed by atoms with Gasteiger partial charge in [0.2, 0.25) is 0 Å².